The Morgan fingerprint density at radius 3 is 2.55 bits per heavy atom. The first kappa shape index (κ1) is 22.7. The van der Waals surface area contributed by atoms with Crippen LogP contribution in [-0.2, 0) is 21.4 Å². The number of methoxy groups -OCH3 is 1. The number of para-hydroxylation sites is 1. The molecule has 1 amide bonds. The van der Waals surface area contributed by atoms with Crippen molar-refractivity contribution >= 4 is 32.5 Å². The van der Waals surface area contributed by atoms with E-state index in [2.05, 4.69) is 10.3 Å². The Balaban J connectivity index is 1.62. The lowest BCUT2D eigenvalue weighted by Crippen LogP contribution is -2.38. The first-order valence-corrected chi connectivity index (χ1v) is 11.9. The van der Waals surface area contributed by atoms with Crippen LogP contribution in [0.1, 0.15) is 19.3 Å². The number of amides is 1. The summed E-state index contributed by atoms with van der Waals surface area (Å²) in [6, 6.07) is 10.7. The fraction of sp³-hybridized carbons (Fsp3) is 0.318. The lowest BCUT2D eigenvalue weighted by atomic mass is 10.2. The number of anilines is 1. The molecule has 33 heavy (non-hydrogen) atoms. The third-order valence-corrected chi connectivity index (χ3v) is 7.48. The second-order valence-corrected chi connectivity index (χ2v) is 9.68. The number of benzene rings is 2. The number of hydrogen-bond acceptors (Lipinski definition) is 6. The van der Waals surface area contributed by atoms with E-state index < -0.39 is 33.7 Å². The zero-order valence-electron chi connectivity index (χ0n) is 18.0. The molecule has 4 rings (SSSR count). The summed E-state index contributed by atoms with van der Waals surface area (Å²) in [6.45, 7) is 0.346. The van der Waals surface area contributed by atoms with Gasteiger partial charge in [0, 0.05) is 13.1 Å². The molecule has 1 aliphatic rings. The van der Waals surface area contributed by atoms with E-state index in [1.165, 1.54) is 29.6 Å². The molecule has 11 heteroatoms. The van der Waals surface area contributed by atoms with Gasteiger partial charge in [-0.3, -0.25) is 14.2 Å². The Labute approximate surface area is 189 Å². The van der Waals surface area contributed by atoms with E-state index in [0.29, 0.717) is 18.6 Å². The predicted molar refractivity (Wildman–Crippen MR) is 123 cm³/mol. The van der Waals surface area contributed by atoms with E-state index in [-0.39, 0.29) is 21.7 Å². The summed E-state index contributed by atoms with van der Waals surface area (Å²) in [7, 11) is -2.33. The highest BCUT2D eigenvalue weighted by Crippen LogP contribution is 2.30. The van der Waals surface area contributed by atoms with Gasteiger partial charge in [-0.15, -0.1) is 0 Å². The summed E-state index contributed by atoms with van der Waals surface area (Å²) in [6.07, 6.45) is 2.59. The van der Waals surface area contributed by atoms with Gasteiger partial charge in [-0.1, -0.05) is 18.6 Å². The number of aromatic amines is 1. The van der Waals surface area contributed by atoms with Crippen LogP contribution in [0.5, 0.6) is 5.75 Å². The van der Waals surface area contributed by atoms with Crippen LogP contribution < -0.4 is 21.3 Å². The number of hydrogen-bond donors (Lipinski definition) is 2. The molecule has 174 valence electrons. The molecule has 0 saturated carbocycles. The summed E-state index contributed by atoms with van der Waals surface area (Å²) in [5.41, 5.74) is -0.813. The van der Waals surface area contributed by atoms with E-state index in [1.807, 2.05) is 0 Å². The number of fused-ring (bicyclic) bond motifs is 1. The number of ether oxygens (including phenoxy) is 1. The molecule has 0 aliphatic carbocycles. The third-order valence-electron chi connectivity index (χ3n) is 5.59. The lowest BCUT2D eigenvalue weighted by molar-refractivity contribution is -0.116. The molecule has 2 N–H and O–H groups in total. The van der Waals surface area contributed by atoms with Gasteiger partial charge < -0.3 is 15.0 Å². The van der Waals surface area contributed by atoms with Crippen LogP contribution in [0.4, 0.5) is 5.69 Å². The maximum atomic E-state index is 13.0. The first-order valence-electron chi connectivity index (χ1n) is 10.5. The SMILES string of the molecule is COc1ccc(S(=O)(=O)N2CCCCC2)cc1NC(=O)Cn1c(=O)[nH]c2ccccc2c1=O. The molecule has 0 spiro atoms. The van der Waals surface area contributed by atoms with Gasteiger partial charge in [0.1, 0.15) is 12.3 Å². The zero-order valence-corrected chi connectivity index (χ0v) is 18.9. The zero-order chi connectivity index (χ0) is 23.6. The smallest absolute Gasteiger partial charge is 0.329 e. The van der Waals surface area contributed by atoms with Crippen molar-refractivity contribution in [2.75, 3.05) is 25.5 Å². The molecule has 0 atom stereocenters. The van der Waals surface area contributed by atoms with Crippen molar-refractivity contribution in [1.29, 1.82) is 0 Å². The van der Waals surface area contributed by atoms with Crippen LogP contribution in [0.3, 0.4) is 0 Å². The van der Waals surface area contributed by atoms with Gasteiger partial charge in [-0.25, -0.2) is 13.2 Å². The predicted octanol–water partition coefficient (Wildman–Crippen LogP) is 1.51. The molecule has 2 aromatic carbocycles. The van der Waals surface area contributed by atoms with Crippen LogP contribution in [0, 0.1) is 0 Å². The fourth-order valence-corrected chi connectivity index (χ4v) is 5.42. The lowest BCUT2D eigenvalue weighted by Gasteiger charge is -2.26. The van der Waals surface area contributed by atoms with Crippen LogP contribution in [0.2, 0.25) is 0 Å². The summed E-state index contributed by atoms with van der Waals surface area (Å²) in [5, 5.41) is 2.84. The summed E-state index contributed by atoms with van der Waals surface area (Å²) in [4.78, 5) is 40.3. The van der Waals surface area contributed by atoms with Crippen LogP contribution in [0.15, 0.2) is 56.9 Å². The minimum Gasteiger partial charge on any atom is -0.495 e. The number of aromatic nitrogens is 2. The molecule has 1 aromatic heterocycles. The van der Waals surface area contributed by atoms with Gasteiger partial charge in [-0.2, -0.15) is 4.31 Å². The van der Waals surface area contributed by atoms with E-state index in [4.69, 9.17) is 4.74 Å². The van der Waals surface area contributed by atoms with Crippen molar-refractivity contribution in [3.63, 3.8) is 0 Å². The van der Waals surface area contributed by atoms with Crippen molar-refractivity contribution in [2.45, 2.75) is 30.7 Å². The normalized spacial score (nSPS) is 14.8. The van der Waals surface area contributed by atoms with Crippen molar-refractivity contribution in [3.8, 4) is 5.75 Å². The Morgan fingerprint density at radius 2 is 1.82 bits per heavy atom. The Morgan fingerprint density at radius 1 is 1.09 bits per heavy atom. The van der Waals surface area contributed by atoms with E-state index in [9.17, 15) is 22.8 Å². The molecule has 10 nitrogen and oxygen atoms in total. The number of carbonyl (C=O) groups is 1. The summed E-state index contributed by atoms with van der Waals surface area (Å²) in [5.74, 6) is -0.426. The Bertz CT molecular complexity index is 1420. The van der Waals surface area contributed by atoms with Gasteiger partial charge in [0.05, 0.1) is 28.6 Å². The average molecular weight is 473 g/mol. The van der Waals surface area contributed by atoms with Gasteiger partial charge in [0.15, 0.2) is 0 Å². The highest BCUT2D eigenvalue weighted by molar-refractivity contribution is 7.89. The quantitative estimate of drug-likeness (QED) is 0.559. The number of rotatable bonds is 6. The second kappa shape index (κ2) is 9.20. The monoisotopic (exact) mass is 472 g/mol. The molecular formula is C22H24N4O6S. The molecule has 0 bridgehead atoms. The number of H-pyrrole nitrogens is 1. The average Bonchev–Trinajstić information content (AvgIpc) is 2.82. The topological polar surface area (TPSA) is 131 Å². The Kier molecular flexibility index (Phi) is 6.34. The molecule has 1 aliphatic heterocycles. The number of nitrogens with zero attached hydrogens (tertiary/aromatic N) is 2. The highest BCUT2D eigenvalue weighted by Gasteiger charge is 2.27. The van der Waals surface area contributed by atoms with E-state index in [1.54, 1.807) is 24.3 Å². The Hall–Kier alpha value is -3.44. The van der Waals surface area contributed by atoms with Gasteiger partial charge in [0.25, 0.3) is 5.56 Å². The minimum atomic E-state index is -3.73. The second-order valence-electron chi connectivity index (χ2n) is 7.74. The van der Waals surface area contributed by atoms with E-state index in [0.717, 1.165) is 23.8 Å². The maximum Gasteiger partial charge on any atom is 0.329 e. The molecule has 0 radical (unpaired) electrons. The largest absolute Gasteiger partial charge is 0.495 e. The summed E-state index contributed by atoms with van der Waals surface area (Å²) >= 11 is 0. The van der Waals surface area contributed by atoms with Gasteiger partial charge in [-0.05, 0) is 43.2 Å². The molecule has 3 aromatic rings. The first-order chi connectivity index (χ1) is 15.8. The van der Waals surface area contributed by atoms with Crippen molar-refractivity contribution in [3.05, 3.63) is 63.3 Å². The van der Waals surface area contributed by atoms with Crippen LogP contribution in [-0.4, -0.2) is 48.4 Å². The number of carbonyl (C=O) groups excluding carboxylic acids is 1. The molecule has 2 heterocycles. The van der Waals surface area contributed by atoms with Gasteiger partial charge >= 0.3 is 5.69 Å². The van der Waals surface area contributed by atoms with Crippen LogP contribution in [0.25, 0.3) is 10.9 Å². The summed E-state index contributed by atoms with van der Waals surface area (Å²) < 4.78 is 33.5. The fourth-order valence-electron chi connectivity index (χ4n) is 3.88. The van der Waals surface area contributed by atoms with Crippen LogP contribution >= 0.6 is 0 Å². The maximum absolute atomic E-state index is 13.0. The van der Waals surface area contributed by atoms with Crippen molar-refractivity contribution in [1.82, 2.24) is 13.9 Å². The highest BCUT2D eigenvalue weighted by atomic mass is 32.2. The number of sulfonamides is 1. The molecule has 1 saturated heterocycles. The molecule has 0 unspecified atom stereocenters. The van der Waals surface area contributed by atoms with Gasteiger partial charge in [0.2, 0.25) is 15.9 Å². The number of nitrogens with one attached hydrogen (secondary N) is 2. The third kappa shape index (κ3) is 4.55. The molecular weight excluding hydrogens is 448 g/mol. The van der Waals surface area contributed by atoms with Crippen molar-refractivity contribution < 1.29 is 17.9 Å². The van der Waals surface area contributed by atoms with Crippen molar-refractivity contribution in [2.24, 2.45) is 0 Å². The van der Waals surface area contributed by atoms with E-state index >= 15 is 0 Å². The standard InChI is InChI=1S/C22H24N4O6S/c1-32-19-10-9-15(33(30,31)25-11-5-2-6-12-25)13-18(19)23-20(27)14-26-21(28)16-7-3-4-8-17(16)24-22(26)29/h3-4,7-10,13H,2,5-6,11-12,14H2,1H3,(H,23,27)(H,24,29). The molecule has 1 fully saturated rings. The minimum absolute atomic E-state index is 0.0289. The number of piperidine rings is 1.